The van der Waals surface area contributed by atoms with Gasteiger partial charge < -0.3 is 19.4 Å². The second-order valence-electron chi connectivity index (χ2n) is 9.76. The SMILES string of the molecule is C[C@@H](OC(=O)N(C)C1c2ccccc2-c2ccccc21)C(=O)c1c[nH]c2cc(OCc3ccccc3)ccc12. The van der Waals surface area contributed by atoms with Crippen molar-refractivity contribution in [2.24, 2.45) is 0 Å². The summed E-state index contributed by atoms with van der Waals surface area (Å²) < 4.78 is 11.6. The number of benzene rings is 4. The number of nitrogens with one attached hydrogen (secondary N) is 1. The molecular weight excluding hydrogens is 488 g/mol. The molecule has 0 spiro atoms. The molecule has 0 unspecified atom stereocenters. The maximum Gasteiger partial charge on any atom is 0.411 e. The van der Waals surface area contributed by atoms with E-state index in [0.29, 0.717) is 17.9 Å². The zero-order chi connectivity index (χ0) is 26.9. The number of nitrogens with zero attached hydrogens (tertiary/aromatic N) is 1. The number of carbonyl (C=O) groups is 2. The molecule has 39 heavy (non-hydrogen) atoms. The van der Waals surface area contributed by atoms with E-state index >= 15 is 0 Å². The summed E-state index contributed by atoms with van der Waals surface area (Å²) in [6.07, 6.45) is 0.148. The molecule has 1 aromatic heterocycles. The Balaban J connectivity index is 1.16. The first-order chi connectivity index (χ1) is 19.0. The number of fused-ring (bicyclic) bond motifs is 4. The molecule has 1 N–H and O–H groups in total. The Labute approximate surface area is 226 Å². The standard InChI is InChI=1S/C33H28N2O4/c1-21(39-33(37)35(2)31-27-14-8-6-12-24(27)25-13-7-9-15-28(25)31)32(36)29-19-34-30-18-23(16-17-26(29)30)38-20-22-10-4-3-5-11-22/h3-19,21,31,34H,20H2,1-2H3/t21-/m1/s1. The Morgan fingerprint density at radius 3 is 2.21 bits per heavy atom. The molecule has 1 aliphatic rings. The van der Waals surface area contributed by atoms with Crippen molar-refractivity contribution in [1.29, 1.82) is 0 Å². The van der Waals surface area contributed by atoms with Gasteiger partial charge in [0.1, 0.15) is 12.4 Å². The first kappa shape index (κ1) is 24.5. The lowest BCUT2D eigenvalue weighted by atomic mass is 10.0. The van der Waals surface area contributed by atoms with E-state index in [1.54, 1.807) is 25.1 Å². The summed E-state index contributed by atoms with van der Waals surface area (Å²) in [7, 11) is 1.71. The van der Waals surface area contributed by atoms with E-state index in [-0.39, 0.29) is 11.8 Å². The van der Waals surface area contributed by atoms with E-state index in [0.717, 1.165) is 38.7 Å². The van der Waals surface area contributed by atoms with Crippen LogP contribution in [0.2, 0.25) is 0 Å². The minimum atomic E-state index is -0.958. The highest BCUT2D eigenvalue weighted by atomic mass is 16.6. The molecule has 194 valence electrons. The zero-order valence-electron chi connectivity index (χ0n) is 21.8. The molecule has 0 saturated heterocycles. The molecule has 0 radical (unpaired) electrons. The highest BCUT2D eigenvalue weighted by molar-refractivity contribution is 6.10. The van der Waals surface area contributed by atoms with Crippen LogP contribution < -0.4 is 4.74 Å². The van der Waals surface area contributed by atoms with Crippen LogP contribution in [-0.4, -0.2) is 34.9 Å². The number of hydrogen-bond acceptors (Lipinski definition) is 4. The molecule has 1 amide bonds. The van der Waals surface area contributed by atoms with Gasteiger partial charge in [-0.15, -0.1) is 0 Å². The van der Waals surface area contributed by atoms with Crippen LogP contribution >= 0.6 is 0 Å². The third-order valence-electron chi connectivity index (χ3n) is 7.29. The van der Waals surface area contributed by atoms with Gasteiger partial charge >= 0.3 is 6.09 Å². The lowest BCUT2D eigenvalue weighted by Gasteiger charge is -2.27. The minimum Gasteiger partial charge on any atom is -0.489 e. The van der Waals surface area contributed by atoms with Crippen LogP contribution in [0.25, 0.3) is 22.0 Å². The molecule has 6 heteroatoms. The molecule has 6 nitrogen and oxygen atoms in total. The van der Waals surface area contributed by atoms with Crippen LogP contribution in [0.5, 0.6) is 5.75 Å². The molecule has 6 rings (SSSR count). The molecule has 0 bridgehead atoms. The number of rotatable bonds is 7. The Hall–Kier alpha value is -4.84. The first-order valence-corrected chi connectivity index (χ1v) is 12.9. The average molecular weight is 517 g/mol. The van der Waals surface area contributed by atoms with E-state index in [1.165, 1.54) is 0 Å². The van der Waals surface area contributed by atoms with E-state index in [9.17, 15) is 9.59 Å². The number of aromatic nitrogens is 1. The van der Waals surface area contributed by atoms with Crippen molar-refractivity contribution >= 4 is 22.8 Å². The zero-order valence-corrected chi connectivity index (χ0v) is 21.8. The van der Waals surface area contributed by atoms with Crippen molar-refractivity contribution < 1.29 is 19.1 Å². The van der Waals surface area contributed by atoms with Crippen molar-refractivity contribution in [2.75, 3.05) is 7.05 Å². The predicted octanol–water partition coefficient (Wildman–Crippen LogP) is 7.16. The Kier molecular flexibility index (Phi) is 6.37. The summed E-state index contributed by atoms with van der Waals surface area (Å²) in [4.78, 5) is 31.3. The van der Waals surface area contributed by atoms with Crippen LogP contribution in [0.4, 0.5) is 4.79 Å². The van der Waals surface area contributed by atoms with Gasteiger partial charge in [-0.3, -0.25) is 4.79 Å². The van der Waals surface area contributed by atoms with Crippen molar-refractivity contribution in [3.8, 4) is 16.9 Å². The average Bonchev–Trinajstić information content (AvgIpc) is 3.54. The van der Waals surface area contributed by atoms with Crippen molar-refractivity contribution in [3.05, 3.63) is 126 Å². The van der Waals surface area contributed by atoms with E-state index in [2.05, 4.69) is 17.1 Å². The third kappa shape index (κ3) is 4.55. The van der Waals surface area contributed by atoms with Crippen LogP contribution in [-0.2, 0) is 11.3 Å². The fourth-order valence-corrected chi connectivity index (χ4v) is 5.30. The predicted molar refractivity (Wildman–Crippen MR) is 151 cm³/mol. The van der Waals surface area contributed by atoms with Crippen LogP contribution in [0.1, 0.15) is 40.0 Å². The van der Waals surface area contributed by atoms with Gasteiger partial charge in [0, 0.05) is 35.8 Å². The number of ketones is 1. The minimum absolute atomic E-state index is 0.270. The smallest absolute Gasteiger partial charge is 0.411 e. The first-order valence-electron chi connectivity index (χ1n) is 12.9. The summed E-state index contributed by atoms with van der Waals surface area (Å²) in [5.41, 5.74) is 6.61. The summed E-state index contributed by atoms with van der Waals surface area (Å²) in [6.45, 7) is 2.07. The third-order valence-corrected chi connectivity index (χ3v) is 7.29. The van der Waals surface area contributed by atoms with E-state index in [4.69, 9.17) is 9.47 Å². The Bertz CT molecular complexity index is 1630. The van der Waals surface area contributed by atoms with Gasteiger partial charge in [0.25, 0.3) is 0 Å². The molecule has 0 saturated carbocycles. The fourth-order valence-electron chi connectivity index (χ4n) is 5.30. The van der Waals surface area contributed by atoms with Crippen molar-refractivity contribution in [2.45, 2.75) is 25.7 Å². The van der Waals surface area contributed by atoms with Gasteiger partial charge in [0.15, 0.2) is 6.10 Å². The van der Waals surface area contributed by atoms with Gasteiger partial charge in [0.2, 0.25) is 5.78 Å². The van der Waals surface area contributed by atoms with E-state index in [1.807, 2.05) is 84.9 Å². The molecule has 1 atom stereocenters. The van der Waals surface area contributed by atoms with Crippen molar-refractivity contribution in [1.82, 2.24) is 9.88 Å². The second kappa shape index (κ2) is 10.1. The largest absolute Gasteiger partial charge is 0.489 e. The fraction of sp³-hybridized carbons (Fsp3) is 0.152. The maximum atomic E-state index is 13.3. The molecule has 0 aliphatic heterocycles. The summed E-state index contributed by atoms with van der Waals surface area (Å²) in [5.74, 6) is 0.429. The number of amides is 1. The number of aromatic amines is 1. The van der Waals surface area contributed by atoms with Gasteiger partial charge in [0.05, 0.1) is 6.04 Å². The van der Waals surface area contributed by atoms with Gasteiger partial charge in [-0.2, -0.15) is 0 Å². The highest BCUT2D eigenvalue weighted by Crippen LogP contribution is 2.45. The number of hydrogen-bond donors (Lipinski definition) is 1. The summed E-state index contributed by atoms with van der Waals surface area (Å²) >= 11 is 0. The summed E-state index contributed by atoms with van der Waals surface area (Å²) in [5, 5.41) is 0.752. The molecule has 5 aromatic rings. The topological polar surface area (TPSA) is 71.6 Å². The lowest BCUT2D eigenvalue weighted by Crippen LogP contribution is -2.35. The number of ether oxygens (including phenoxy) is 2. The number of carbonyl (C=O) groups excluding carboxylic acids is 2. The Morgan fingerprint density at radius 2 is 1.51 bits per heavy atom. The van der Waals surface area contributed by atoms with Crippen LogP contribution in [0.3, 0.4) is 0 Å². The van der Waals surface area contributed by atoms with Crippen LogP contribution in [0, 0.1) is 0 Å². The van der Waals surface area contributed by atoms with Gasteiger partial charge in [-0.1, -0.05) is 78.9 Å². The number of H-pyrrole nitrogens is 1. The second-order valence-corrected chi connectivity index (χ2v) is 9.76. The normalized spacial score (nSPS) is 13.0. The van der Waals surface area contributed by atoms with E-state index < -0.39 is 12.2 Å². The molecule has 1 heterocycles. The monoisotopic (exact) mass is 516 g/mol. The highest BCUT2D eigenvalue weighted by Gasteiger charge is 2.35. The molecule has 4 aromatic carbocycles. The van der Waals surface area contributed by atoms with Gasteiger partial charge in [-0.05, 0) is 46.9 Å². The summed E-state index contributed by atoms with van der Waals surface area (Å²) in [6, 6.07) is 31.3. The molecule has 1 aliphatic carbocycles. The number of Topliss-reactive ketones (excluding diaryl/α,β-unsaturated/α-hetero) is 1. The van der Waals surface area contributed by atoms with Crippen LogP contribution in [0.15, 0.2) is 103 Å². The maximum absolute atomic E-state index is 13.3. The Morgan fingerprint density at radius 1 is 0.872 bits per heavy atom. The molecule has 0 fully saturated rings. The van der Waals surface area contributed by atoms with Crippen molar-refractivity contribution in [3.63, 3.8) is 0 Å². The quantitative estimate of drug-likeness (QED) is 0.233. The van der Waals surface area contributed by atoms with Gasteiger partial charge in [-0.25, -0.2) is 4.79 Å². The lowest BCUT2D eigenvalue weighted by molar-refractivity contribution is 0.0539. The molecular formula is C33H28N2O4.